The first-order chi connectivity index (χ1) is 7.92. The van der Waals surface area contributed by atoms with Crippen molar-refractivity contribution in [2.24, 2.45) is 0 Å². The zero-order chi connectivity index (χ0) is 11.2. The Hall–Kier alpha value is -1.91. The molecule has 5 heteroatoms. The highest BCUT2D eigenvalue weighted by Gasteiger charge is 2.04. The van der Waals surface area contributed by atoms with Crippen LogP contribution in [0.5, 0.6) is 0 Å². The summed E-state index contributed by atoms with van der Waals surface area (Å²) in [4.78, 5) is 8.22. The van der Waals surface area contributed by atoms with E-state index in [-0.39, 0.29) is 0 Å². The van der Waals surface area contributed by atoms with E-state index in [1.807, 2.05) is 12.1 Å². The van der Waals surface area contributed by atoms with E-state index in [1.165, 1.54) is 12.7 Å². The van der Waals surface area contributed by atoms with Crippen molar-refractivity contribution in [1.82, 2.24) is 19.7 Å². The number of nitrogens with zero attached hydrogens (tertiary/aromatic N) is 4. The molecule has 1 N–H and O–H groups in total. The second kappa shape index (κ2) is 5.25. The zero-order valence-electron chi connectivity index (χ0n) is 9.30. The van der Waals surface area contributed by atoms with Crippen LogP contribution >= 0.6 is 0 Å². The van der Waals surface area contributed by atoms with Crippen LogP contribution in [0, 0.1) is 0 Å². The standard InChI is InChI=1S/C11H15N5/c1-2-3-6-13-10-5-4-7-14-11(10)16-9-12-8-15-16/h4-5,7-9,13H,2-3,6H2,1H3. The first-order valence-electron chi connectivity index (χ1n) is 5.45. The van der Waals surface area contributed by atoms with E-state index in [2.05, 4.69) is 27.3 Å². The fourth-order valence-corrected chi connectivity index (χ4v) is 1.43. The van der Waals surface area contributed by atoms with Gasteiger partial charge in [-0.3, -0.25) is 0 Å². The topological polar surface area (TPSA) is 55.6 Å². The molecule has 5 nitrogen and oxygen atoms in total. The van der Waals surface area contributed by atoms with Crippen molar-refractivity contribution >= 4 is 5.69 Å². The van der Waals surface area contributed by atoms with Crippen LogP contribution in [-0.2, 0) is 0 Å². The number of nitrogens with one attached hydrogen (secondary N) is 1. The highest BCUT2D eigenvalue weighted by molar-refractivity contribution is 5.55. The summed E-state index contributed by atoms with van der Waals surface area (Å²) in [7, 11) is 0. The molecular formula is C11H15N5. The quantitative estimate of drug-likeness (QED) is 0.777. The molecule has 84 valence electrons. The van der Waals surface area contributed by atoms with Gasteiger partial charge >= 0.3 is 0 Å². The Morgan fingerprint density at radius 3 is 3.12 bits per heavy atom. The third-order valence-corrected chi connectivity index (χ3v) is 2.27. The predicted octanol–water partition coefficient (Wildman–Crippen LogP) is 1.87. The third kappa shape index (κ3) is 2.36. The van der Waals surface area contributed by atoms with Crippen molar-refractivity contribution in [3.05, 3.63) is 31.0 Å². The maximum atomic E-state index is 4.30. The maximum Gasteiger partial charge on any atom is 0.178 e. The molecule has 0 aliphatic rings. The Kier molecular flexibility index (Phi) is 3.48. The van der Waals surface area contributed by atoms with Gasteiger partial charge in [0.25, 0.3) is 0 Å². The van der Waals surface area contributed by atoms with Crippen LogP contribution in [0.3, 0.4) is 0 Å². The number of pyridine rings is 1. The van der Waals surface area contributed by atoms with E-state index in [4.69, 9.17) is 0 Å². The summed E-state index contributed by atoms with van der Waals surface area (Å²) in [5, 5.41) is 7.43. The van der Waals surface area contributed by atoms with Gasteiger partial charge in [0.2, 0.25) is 0 Å². The van der Waals surface area contributed by atoms with Gasteiger partial charge in [0.05, 0.1) is 5.69 Å². The van der Waals surface area contributed by atoms with E-state index < -0.39 is 0 Å². The molecular weight excluding hydrogens is 202 g/mol. The predicted molar refractivity (Wildman–Crippen MR) is 62.6 cm³/mol. The number of hydrogen-bond acceptors (Lipinski definition) is 4. The minimum absolute atomic E-state index is 0.788. The molecule has 2 aromatic rings. The average Bonchev–Trinajstić information content (AvgIpc) is 2.83. The molecule has 0 spiro atoms. The van der Waals surface area contributed by atoms with Crippen LogP contribution in [0.2, 0.25) is 0 Å². The number of rotatable bonds is 5. The molecule has 2 rings (SSSR count). The summed E-state index contributed by atoms with van der Waals surface area (Å²) in [6.07, 6.45) is 7.22. The minimum atomic E-state index is 0.788. The van der Waals surface area contributed by atoms with Crippen LogP contribution in [0.4, 0.5) is 5.69 Å². The van der Waals surface area contributed by atoms with Crippen LogP contribution in [0.1, 0.15) is 19.8 Å². The van der Waals surface area contributed by atoms with Crippen molar-refractivity contribution in [1.29, 1.82) is 0 Å². The lowest BCUT2D eigenvalue weighted by Crippen LogP contribution is -2.07. The molecule has 0 amide bonds. The second-order valence-corrected chi connectivity index (χ2v) is 3.49. The van der Waals surface area contributed by atoms with Gasteiger partial charge < -0.3 is 5.32 Å². The van der Waals surface area contributed by atoms with Gasteiger partial charge in [0.15, 0.2) is 5.82 Å². The Bertz CT molecular complexity index is 424. The van der Waals surface area contributed by atoms with Crippen molar-refractivity contribution in [3.63, 3.8) is 0 Å². The number of anilines is 1. The minimum Gasteiger partial charge on any atom is -0.382 e. The molecule has 0 saturated heterocycles. The molecule has 0 atom stereocenters. The van der Waals surface area contributed by atoms with Crippen molar-refractivity contribution in [2.45, 2.75) is 19.8 Å². The smallest absolute Gasteiger partial charge is 0.178 e. The summed E-state index contributed by atoms with van der Waals surface area (Å²) >= 11 is 0. The van der Waals surface area contributed by atoms with Crippen molar-refractivity contribution < 1.29 is 0 Å². The summed E-state index contributed by atoms with van der Waals surface area (Å²) in [6, 6.07) is 3.91. The molecule has 2 heterocycles. The fourth-order valence-electron chi connectivity index (χ4n) is 1.43. The SMILES string of the molecule is CCCCNc1cccnc1-n1cncn1. The molecule has 0 radical (unpaired) electrons. The van der Waals surface area contributed by atoms with Crippen LogP contribution in [0.15, 0.2) is 31.0 Å². The van der Waals surface area contributed by atoms with Gasteiger partial charge in [-0.1, -0.05) is 13.3 Å². The van der Waals surface area contributed by atoms with Gasteiger partial charge in [-0.25, -0.2) is 14.6 Å². The normalized spacial score (nSPS) is 10.3. The molecule has 0 bridgehead atoms. The van der Waals surface area contributed by atoms with E-state index >= 15 is 0 Å². The summed E-state index contributed by atoms with van der Waals surface area (Å²) in [5.74, 6) is 0.788. The van der Waals surface area contributed by atoms with E-state index in [0.29, 0.717) is 0 Å². The molecule has 0 fully saturated rings. The molecule has 0 saturated carbocycles. The summed E-state index contributed by atoms with van der Waals surface area (Å²) in [5.41, 5.74) is 0.987. The van der Waals surface area contributed by atoms with Gasteiger partial charge in [0.1, 0.15) is 12.7 Å². The monoisotopic (exact) mass is 217 g/mol. The highest BCUT2D eigenvalue weighted by Crippen LogP contribution is 2.15. The van der Waals surface area contributed by atoms with E-state index in [9.17, 15) is 0 Å². The second-order valence-electron chi connectivity index (χ2n) is 3.49. The lowest BCUT2D eigenvalue weighted by molar-refractivity contribution is 0.819. The Balaban J connectivity index is 2.18. The van der Waals surface area contributed by atoms with Gasteiger partial charge in [-0.2, -0.15) is 5.10 Å². The number of aromatic nitrogens is 4. The van der Waals surface area contributed by atoms with Crippen LogP contribution in [-0.4, -0.2) is 26.3 Å². The third-order valence-electron chi connectivity index (χ3n) is 2.27. The van der Waals surface area contributed by atoms with Gasteiger partial charge in [-0.15, -0.1) is 0 Å². The summed E-state index contributed by atoms with van der Waals surface area (Å²) < 4.78 is 1.66. The van der Waals surface area contributed by atoms with E-state index in [1.54, 1.807) is 17.2 Å². The molecule has 0 aliphatic heterocycles. The lowest BCUT2D eigenvalue weighted by Gasteiger charge is -2.09. The maximum absolute atomic E-state index is 4.30. The fraction of sp³-hybridized carbons (Fsp3) is 0.364. The molecule has 0 aliphatic carbocycles. The van der Waals surface area contributed by atoms with Crippen LogP contribution < -0.4 is 5.32 Å². The van der Waals surface area contributed by atoms with Gasteiger partial charge in [-0.05, 0) is 18.6 Å². The van der Waals surface area contributed by atoms with E-state index in [0.717, 1.165) is 24.5 Å². The summed E-state index contributed by atoms with van der Waals surface area (Å²) in [6.45, 7) is 3.12. The molecule has 16 heavy (non-hydrogen) atoms. The molecule has 0 unspecified atom stereocenters. The highest BCUT2D eigenvalue weighted by atomic mass is 15.3. The van der Waals surface area contributed by atoms with Crippen molar-refractivity contribution in [2.75, 3.05) is 11.9 Å². The van der Waals surface area contributed by atoms with Crippen molar-refractivity contribution in [3.8, 4) is 5.82 Å². The zero-order valence-corrected chi connectivity index (χ0v) is 9.30. The Labute approximate surface area is 94.5 Å². The molecule has 2 aromatic heterocycles. The molecule has 0 aromatic carbocycles. The Morgan fingerprint density at radius 2 is 2.38 bits per heavy atom. The number of unbranched alkanes of at least 4 members (excludes halogenated alkanes) is 1. The van der Waals surface area contributed by atoms with Crippen LogP contribution in [0.25, 0.3) is 5.82 Å². The first kappa shape index (κ1) is 10.6. The van der Waals surface area contributed by atoms with Gasteiger partial charge in [0, 0.05) is 12.7 Å². The average molecular weight is 217 g/mol. The largest absolute Gasteiger partial charge is 0.382 e. The first-order valence-corrected chi connectivity index (χ1v) is 5.45. The Morgan fingerprint density at radius 1 is 1.44 bits per heavy atom. The number of hydrogen-bond donors (Lipinski definition) is 1. The lowest BCUT2D eigenvalue weighted by atomic mass is 10.3.